The number of allylic oxidation sites excluding steroid dienone is 4. The fourth-order valence-corrected chi connectivity index (χ4v) is 4.01. The smallest absolute Gasteiger partial charge is 0.347 e. The predicted molar refractivity (Wildman–Crippen MR) is 114 cm³/mol. The molecule has 1 atom stereocenters. The zero-order chi connectivity index (χ0) is 23.1. The van der Waals surface area contributed by atoms with Crippen molar-refractivity contribution in [1.29, 1.82) is 0 Å². The zero-order valence-corrected chi connectivity index (χ0v) is 17.6. The van der Waals surface area contributed by atoms with Crippen molar-refractivity contribution in [2.24, 2.45) is 5.92 Å². The van der Waals surface area contributed by atoms with Crippen molar-refractivity contribution in [1.82, 2.24) is 19.9 Å². The largest absolute Gasteiger partial charge is 0.497 e. The Bertz CT molecular complexity index is 1430. The lowest BCUT2D eigenvalue weighted by atomic mass is 9.96. The molecule has 1 aliphatic heterocycles. The molecule has 3 aromatic rings. The second kappa shape index (κ2) is 7.97. The van der Waals surface area contributed by atoms with Crippen LogP contribution in [-0.4, -0.2) is 44.5 Å². The molecule has 1 fully saturated rings. The van der Waals surface area contributed by atoms with Gasteiger partial charge in [0.1, 0.15) is 29.1 Å². The molecule has 2 aromatic heterocycles. The van der Waals surface area contributed by atoms with E-state index in [2.05, 4.69) is 10.3 Å². The lowest BCUT2D eigenvalue weighted by Crippen LogP contribution is -2.26. The van der Waals surface area contributed by atoms with Gasteiger partial charge in [0.25, 0.3) is 5.91 Å². The Balaban J connectivity index is 1.34. The number of aromatic nitrogens is 3. The Morgan fingerprint density at radius 3 is 2.91 bits per heavy atom. The van der Waals surface area contributed by atoms with Crippen molar-refractivity contribution in [3.05, 3.63) is 76.1 Å². The van der Waals surface area contributed by atoms with Gasteiger partial charge in [-0.05, 0) is 36.8 Å². The van der Waals surface area contributed by atoms with Crippen molar-refractivity contribution in [2.45, 2.75) is 19.5 Å². The summed E-state index contributed by atoms with van der Waals surface area (Å²) in [4.78, 5) is 51.0. The van der Waals surface area contributed by atoms with E-state index in [1.54, 1.807) is 24.3 Å². The van der Waals surface area contributed by atoms with Crippen LogP contribution in [0.2, 0.25) is 0 Å². The van der Waals surface area contributed by atoms with Crippen molar-refractivity contribution in [3.8, 4) is 5.75 Å². The third-order valence-electron chi connectivity index (χ3n) is 5.67. The number of hydrogen-bond donors (Lipinski definition) is 0. The fraction of sp³-hybridized carbons (Fsp3) is 0.217. The van der Waals surface area contributed by atoms with E-state index in [0.717, 1.165) is 0 Å². The van der Waals surface area contributed by atoms with Gasteiger partial charge in [-0.2, -0.15) is 0 Å². The third kappa shape index (κ3) is 3.65. The van der Waals surface area contributed by atoms with Crippen LogP contribution in [-0.2, 0) is 22.7 Å². The molecule has 10 heteroatoms. The Kier molecular flexibility index (Phi) is 4.97. The number of hydrogen-bond acceptors (Lipinski definition) is 8. The molecule has 0 saturated carbocycles. The minimum atomic E-state index is -0.748. The topological polar surface area (TPSA) is 125 Å². The average molecular weight is 446 g/mol. The van der Waals surface area contributed by atoms with Gasteiger partial charge >= 0.3 is 5.63 Å². The first-order chi connectivity index (χ1) is 15.9. The summed E-state index contributed by atoms with van der Waals surface area (Å²) in [5, 5.41) is 8.49. The summed E-state index contributed by atoms with van der Waals surface area (Å²) >= 11 is 0. The van der Waals surface area contributed by atoms with E-state index in [1.165, 1.54) is 29.0 Å². The zero-order valence-electron chi connectivity index (χ0n) is 17.6. The molecule has 0 radical (unpaired) electrons. The molecule has 166 valence electrons. The van der Waals surface area contributed by atoms with Crippen molar-refractivity contribution < 1.29 is 23.5 Å². The van der Waals surface area contributed by atoms with Crippen molar-refractivity contribution in [2.75, 3.05) is 7.11 Å². The summed E-state index contributed by atoms with van der Waals surface area (Å²) in [6.45, 7) is -0.180. The van der Waals surface area contributed by atoms with Crippen LogP contribution in [0.25, 0.3) is 11.0 Å². The van der Waals surface area contributed by atoms with Crippen molar-refractivity contribution >= 4 is 28.4 Å². The van der Waals surface area contributed by atoms with Crippen LogP contribution in [0.15, 0.2) is 63.6 Å². The molecule has 5 rings (SSSR count). The van der Waals surface area contributed by atoms with Crippen LogP contribution in [0, 0.1) is 5.92 Å². The summed E-state index contributed by atoms with van der Waals surface area (Å²) in [5.41, 5.74) is 0.533. The molecule has 1 unspecified atom stereocenters. The number of methoxy groups -OCH3 is 1. The molecule has 0 N–H and O–H groups in total. The number of likely N-dealkylation sites (tertiary alicyclic amines) is 1. The summed E-state index contributed by atoms with van der Waals surface area (Å²) in [6, 6.07) is 6.38. The lowest BCUT2D eigenvalue weighted by molar-refractivity contribution is -0.140. The number of benzene rings is 1. The number of Topliss-reactive ketones (excluding diaryl/α,β-unsaturated/α-hetero) is 2. The maximum atomic E-state index is 12.8. The van der Waals surface area contributed by atoms with E-state index in [0.29, 0.717) is 34.5 Å². The first-order valence-electron chi connectivity index (χ1n) is 10.2. The van der Waals surface area contributed by atoms with E-state index in [-0.39, 0.29) is 18.7 Å². The molecule has 1 aliphatic carbocycles. The molecule has 1 saturated heterocycles. The highest BCUT2D eigenvalue weighted by molar-refractivity contribution is 6.40. The predicted octanol–water partition coefficient (Wildman–Crippen LogP) is 1.65. The number of ketones is 2. The van der Waals surface area contributed by atoms with Crippen LogP contribution in [0.4, 0.5) is 0 Å². The average Bonchev–Trinajstić information content (AvgIpc) is 3.36. The van der Waals surface area contributed by atoms with E-state index in [9.17, 15) is 19.2 Å². The van der Waals surface area contributed by atoms with E-state index in [4.69, 9.17) is 9.15 Å². The minimum Gasteiger partial charge on any atom is -0.497 e. The Morgan fingerprint density at radius 2 is 2.09 bits per heavy atom. The highest BCUT2D eigenvalue weighted by atomic mass is 16.5. The number of ether oxygens (including phenoxy) is 1. The molecule has 3 heterocycles. The maximum absolute atomic E-state index is 12.8. The second-order valence-corrected chi connectivity index (χ2v) is 7.75. The van der Waals surface area contributed by atoms with Crippen LogP contribution in [0.1, 0.15) is 22.5 Å². The fourth-order valence-electron chi connectivity index (χ4n) is 4.01. The summed E-state index contributed by atoms with van der Waals surface area (Å²) in [7, 11) is 1.52. The first-order valence-corrected chi connectivity index (χ1v) is 10.2. The molecule has 33 heavy (non-hydrogen) atoms. The standard InChI is InChI=1S/C23H18N4O6/c1-32-15-6-7-20-13(8-15)9-17(23(31)33-20)19(28)12-26-10-14(24-25-26)11-27-18-5-3-2-4-16(18)21(29)22(27)30/h2-3,5-10,16H,4,11-12H2,1H3. The van der Waals surface area contributed by atoms with Crippen LogP contribution >= 0.6 is 0 Å². The quantitative estimate of drug-likeness (QED) is 0.318. The van der Waals surface area contributed by atoms with E-state index >= 15 is 0 Å². The number of carbonyl (C=O) groups excluding carboxylic acids is 3. The second-order valence-electron chi connectivity index (χ2n) is 7.75. The summed E-state index contributed by atoms with van der Waals surface area (Å²) in [5.74, 6) is -1.41. The van der Waals surface area contributed by atoms with E-state index in [1.807, 2.05) is 12.2 Å². The molecular weight excluding hydrogens is 428 g/mol. The molecule has 0 bridgehead atoms. The van der Waals surface area contributed by atoms with Gasteiger partial charge in [-0.25, -0.2) is 9.48 Å². The third-order valence-corrected chi connectivity index (χ3v) is 5.67. The number of fused-ring (bicyclic) bond motifs is 2. The number of carbonyl (C=O) groups is 3. The molecule has 2 aliphatic rings. The first kappa shape index (κ1) is 20.6. The van der Waals surface area contributed by atoms with Gasteiger partial charge < -0.3 is 14.1 Å². The number of nitrogens with zero attached hydrogens (tertiary/aromatic N) is 4. The van der Waals surface area contributed by atoms with Crippen LogP contribution in [0.5, 0.6) is 5.75 Å². The van der Waals surface area contributed by atoms with Crippen LogP contribution in [0.3, 0.4) is 0 Å². The Hall–Kier alpha value is -4.34. The maximum Gasteiger partial charge on any atom is 0.347 e. The monoisotopic (exact) mass is 446 g/mol. The lowest BCUT2D eigenvalue weighted by Gasteiger charge is -2.18. The van der Waals surface area contributed by atoms with Gasteiger partial charge in [0.05, 0.1) is 25.8 Å². The summed E-state index contributed by atoms with van der Waals surface area (Å²) in [6.07, 6.45) is 7.41. The molecular formula is C23H18N4O6. The SMILES string of the molecule is COc1ccc2oc(=O)c(C(=O)Cn3cc(CN4C(=O)C(=O)C5CC=CC=C54)nn3)cc2c1. The highest BCUT2D eigenvalue weighted by Gasteiger charge is 2.43. The minimum absolute atomic E-state index is 0.0623. The number of amides is 1. The van der Waals surface area contributed by atoms with Gasteiger partial charge in [0, 0.05) is 11.1 Å². The Labute approximate surface area is 186 Å². The normalized spacial score (nSPS) is 17.4. The number of rotatable bonds is 6. The molecule has 10 nitrogen and oxygen atoms in total. The van der Waals surface area contributed by atoms with E-state index < -0.39 is 29.0 Å². The van der Waals surface area contributed by atoms with Gasteiger partial charge in [0.2, 0.25) is 5.78 Å². The van der Waals surface area contributed by atoms with Gasteiger partial charge in [-0.1, -0.05) is 17.4 Å². The van der Waals surface area contributed by atoms with Crippen LogP contribution < -0.4 is 10.4 Å². The molecule has 1 amide bonds. The van der Waals surface area contributed by atoms with Gasteiger partial charge in [-0.3, -0.25) is 14.4 Å². The highest BCUT2D eigenvalue weighted by Crippen LogP contribution is 2.32. The molecule has 1 aromatic carbocycles. The Morgan fingerprint density at radius 1 is 1.24 bits per heavy atom. The van der Waals surface area contributed by atoms with Gasteiger partial charge in [0.15, 0.2) is 5.78 Å². The molecule has 0 spiro atoms. The van der Waals surface area contributed by atoms with Crippen molar-refractivity contribution in [3.63, 3.8) is 0 Å². The summed E-state index contributed by atoms with van der Waals surface area (Å²) < 4.78 is 11.7. The van der Waals surface area contributed by atoms with Gasteiger partial charge in [-0.15, -0.1) is 5.10 Å².